The lowest BCUT2D eigenvalue weighted by Gasteiger charge is -2.25. The fraction of sp³-hybridized carbons (Fsp3) is 0.433. The van der Waals surface area contributed by atoms with Crippen molar-refractivity contribution >= 4 is 29.6 Å². The van der Waals surface area contributed by atoms with Crippen LogP contribution >= 0.6 is 0 Å². The molecule has 0 saturated heterocycles. The van der Waals surface area contributed by atoms with Gasteiger partial charge in [-0.15, -0.1) is 0 Å². The minimum absolute atomic E-state index is 0.0454. The van der Waals surface area contributed by atoms with Gasteiger partial charge in [0.2, 0.25) is 23.6 Å². The smallest absolute Gasteiger partial charge is 0.328 e. The molecule has 0 aliphatic heterocycles. The van der Waals surface area contributed by atoms with Gasteiger partial charge in [0.05, 0.1) is 6.10 Å². The summed E-state index contributed by atoms with van der Waals surface area (Å²) in [6.45, 7) is 5.10. The number of aryl methyl sites for hydroxylation is 1. The highest BCUT2D eigenvalue weighted by Gasteiger charge is 2.30. The van der Waals surface area contributed by atoms with Crippen molar-refractivity contribution in [2.75, 3.05) is 0 Å². The normalized spacial score (nSPS) is 13.7. The number of hydrogen-bond donors (Lipinski definition) is 4. The number of carbonyl (C=O) groups excluding carboxylic acids is 5. The van der Waals surface area contributed by atoms with E-state index in [2.05, 4.69) is 16.0 Å². The van der Waals surface area contributed by atoms with E-state index in [-0.39, 0.29) is 37.7 Å². The van der Waals surface area contributed by atoms with Gasteiger partial charge in [-0.05, 0) is 44.2 Å². The minimum Gasteiger partial charge on any atom is -0.461 e. The van der Waals surface area contributed by atoms with E-state index in [0.29, 0.717) is 12.8 Å². The molecule has 0 radical (unpaired) electrons. The van der Waals surface area contributed by atoms with Crippen molar-refractivity contribution in [3.05, 3.63) is 71.8 Å². The van der Waals surface area contributed by atoms with Gasteiger partial charge in [0.25, 0.3) is 0 Å². The van der Waals surface area contributed by atoms with Crippen molar-refractivity contribution in [2.24, 2.45) is 5.73 Å². The molecule has 4 atom stereocenters. The summed E-state index contributed by atoms with van der Waals surface area (Å²) in [5.41, 5.74) is 7.04. The third-order valence-electron chi connectivity index (χ3n) is 6.34. The zero-order valence-corrected chi connectivity index (χ0v) is 23.4. The molecular weight excluding hydrogens is 512 g/mol. The second-order valence-electron chi connectivity index (χ2n) is 9.75. The van der Waals surface area contributed by atoms with Crippen LogP contribution in [-0.4, -0.2) is 53.8 Å². The molecule has 0 saturated carbocycles. The van der Waals surface area contributed by atoms with Crippen molar-refractivity contribution in [2.45, 2.75) is 83.5 Å². The number of esters is 1. The number of carbonyl (C=O) groups is 5. The second kappa shape index (κ2) is 16.7. The van der Waals surface area contributed by atoms with Crippen LogP contribution in [0.2, 0.25) is 0 Å². The topological polar surface area (TPSA) is 157 Å². The lowest BCUT2D eigenvalue weighted by Crippen LogP contribution is -2.56. The van der Waals surface area contributed by atoms with Gasteiger partial charge in [0, 0.05) is 19.3 Å². The Morgan fingerprint density at radius 2 is 1.35 bits per heavy atom. The van der Waals surface area contributed by atoms with Crippen LogP contribution in [0.1, 0.15) is 57.6 Å². The highest BCUT2D eigenvalue weighted by atomic mass is 16.5. The van der Waals surface area contributed by atoms with Crippen LogP contribution in [0, 0.1) is 0 Å². The number of ether oxygens (including phenoxy) is 1. The maximum atomic E-state index is 13.4. The zero-order chi connectivity index (χ0) is 29.5. The Kier molecular flexibility index (Phi) is 13.4. The van der Waals surface area contributed by atoms with Crippen LogP contribution in [-0.2, 0) is 41.6 Å². The third-order valence-corrected chi connectivity index (χ3v) is 6.34. The Hall–Kier alpha value is -4.21. The van der Waals surface area contributed by atoms with Crippen molar-refractivity contribution < 1.29 is 28.7 Å². The lowest BCUT2D eigenvalue weighted by molar-refractivity contribution is -0.152. The lowest BCUT2D eigenvalue weighted by atomic mass is 10.0. The number of rotatable bonds is 16. The van der Waals surface area contributed by atoms with Crippen LogP contribution in [0.5, 0.6) is 0 Å². The molecule has 10 nitrogen and oxygen atoms in total. The first-order chi connectivity index (χ1) is 19.1. The number of primary amides is 1. The molecule has 0 aliphatic carbocycles. The van der Waals surface area contributed by atoms with E-state index < -0.39 is 41.8 Å². The van der Waals surface area contributed by atoms with Gasteiger partial charge < -0.3 is 26.4 Å². The zero-order valence-electron chi connectivity index (χ0n) is 23.4. The fourth-order valence-corrected chi connectivity index (χ4v) is 3.81. The van der Waals surface area contributed by atoms with Gasteiger partial charge in [0.15, 0.2) is 0 Å². The van der Waals surface area contributed by atoms with Crippen molar-refractivity contribution in [3.8, 4) is 0 Å². The highest BCUT2D eigenvalue weighted by Crippen LogP contribution is 2.09. The van der Waals surface area contributed by atoms with E-state index in [1.807, 2.05) is 55.5 Å². The van der Waals surface area contributed by atoms with Crippen molar-refractivity contribution in [3.63, 3.8) is 0 Å². The molecule has 0 spiro atoms. The summed E-state index contributed by atoms with van der Waals surface area (Å²) in [7, 11) is 0. The first-order valence-corrected chi connectivity index (χ1v) is 13.6. The molecule has 4 amide bonds. The molecule has 2 aromatic rings. The summed E-state index contributed by atoms with van der Waals surface area (Å²) >= 11 is 0. The maximum absolute atomic E-state index is 13.4. The van der Waals surface area contributed by atoms with Gasteiger partial charge in [-0.1, -0.05) is 67.6 Å². The predicted octanol–water partition coefficient (Wildman–Crippen LogP) is 1.94. The summed E-state index contributed by atoms with van der Waals surface area (Å²) in [5, 5.41) is 7.99. The largest absolute Gasteiger partial charge is 0.461 e. The average molecular weight is 553 g/mol. The van der Waals surface area contributed by atoms with Gasteiger partial charge in [0.1, 0.15) is 18.1 Å². The molecule has 40 heavy (non-hydrogen) atoms. The average Bonchev–Trinajstić information content (AvgIpc) is 2.94. The first kappa shape index (κ1) is 32.0. The van der Waals surface area contributed by atoms with E-state index in [9.17, 15) is 24.0 Å². The molecule has 1 unspecified atom stereocenters. The molecule has 2 rings (SSSR count). The molecular formula is C30H40N4O6. The number of amides is 4. The highest BCUT2D eigenvalue weighted by molar-refractivity contribution is 5.93. The molecule has 0 fully saturated rings. The number of nitrogens with one attached hydrogen (secondary N) is 3. The van der Waals surface area contributed by atoms with Crippen LogP contribution in [0.3, 0.4) is 0 Å². The molecule has 0 aromatic heterocycles. The number of benzene rings is 2. The third kappa shape index (κ3) is 11.7. The van der Waals surface area contributed by atoms with Gasteiger partial charge >= 0.3 is 5.97 Å². The van der Waals surface area contributed by atoms with Crippen molar-refractivity contribution in [1.82, 2.24) is 16.0 Å². The predicted molar refractivity (Wildman–Crippen MR) is 151 cm³/mol. The van der Waals surface area contributed by atoms with E-state index in [4.69, 9.17) is 10.5 Å². The second-order valence-corrected chi connectivity index (χ2v) is 9.75. The molecule has 5 N–H and O–H groups in total. The Labute approximate surface area is 235 Å². The van der Waals surface area contributed by atoms with Crippen molar-refractivity contribution in [1.29, 1.82) is 0 Å². The monoisotopic (exact) mass is 552 g/mol. The van der Waals surface area contributed by atoms with Gasteiger partial charge in [-0.2, -0.15) is 0 Å². The van der Waals surface area contributed by atoms with Gasteiger partial charge in [-0.3, -0.25) is 19.2 Å². The van der Waals surface area contributed by atoms with Gasteiger partial charge in [-0.25, -0.2) is 4.79 Å². The summed E-state index contributed by atoms with van der Waals surface area (Å²) < 4.78 is 5.37. The molecule has 10 heteroatoms. The maximum Gasteiger partial charge on any atom is 0.328 e. The number of hydrogen-bond acceptors (Lipinski definition) is 6. The Balaban J connectivity index is 2.09. The summed E-state index contributed by atoms with van der Waals surface area (Å²) in [5.74, 6) is -2.79. The van der Waals surface area contributed by atoms with E-state index >= 15 is 0 Å². The molecule has 0 aliphatic rings. The van der Waals surface area contributed by atoms with Crippen LogP contribution in [0.25, 0.3) is 0 Å². The van der Waals surface area contributed by atoms with Crippen LogP contribution < -0.4 is 21.7 Å². The fourth-order valence-electron chi connectivity index (χ4n) is 3.81. The van der Waals surface area contributed by atoms with E-state index in [0.717, 1.165) is 11.1 Å². The molecule has 216 valence electrons. The number of nitrogens with two attached hydrogens (primary N) is 1. The summed E-state index contributed by atoms with van der Waals surface area (Å²) in [6.07, 6.45) is 0.875. The quantitative estimate of drug-likeness (QED) is 0.233. The summed E-state index contributed by atoms with van der Waals surface area (Å²) in [4.78, 5) is 62.9. The van der Waals surface area contributed by atoms with Crippen LogP contribution in [0.15, 0.2) is 60.7 Å². The Morgan fingerprint density at radius 1 is 0.775 bits per heavy atom. The summed E-state index contributed by atoms with van der Waals surface area (Å²) in [6, 6.07) is 15.5. The standard InChI is InChI=1S/C30H40N4O6/c1-4-20(2)40-30(39)24(16-17-26(31)35)33-29(38)25(19-23-13-9-6-10-14-23)34-28(37)21(3)32-27(36)18-15-22-11-7-5-8-12-22/h5-14,20-21,24-25H,4,15-19H2,1-3H3,(H2,31,35)(H,32,36)(H,33,38)(H,34,37)/t20?,21-,24+,25+/m1/s1. The minimum atomic E-state index is -1.13. The molecule has 0 bridgehead atoms. The van der Waals surface area contributed by atoms with E-state index in [1.54, 1.807) is 19.1 Å². The molecule has 0 heterocycles. The SMILES string of the molecule is CCC(C)OC(=O)[C@H](CCC(N)=O)NC(=O)[C@H](Cc1ccccc1)NC(=O)[C@@H](C)NC(=O)CCc1ccccc1. The van der Waals surface area contributed by atoms with E-state index in [1.165, 1.54) is 6.92 Å². The Morgan fingerprint density at radius 3 is 1.93 bits per heavy atom. The van der Waals surface area contributed by atoms with Crippen LogP contribution in [0.4, 0.5) is 0 Å². The Bertz CT molecular complexity index is 1130. The molecule has 2 aromatic carbocycles. The first-order valence-electron chi connectivity index (χ1n) is 13.6.